The molecule has 0 spiro atoms. The number of carbonyl (C=O) groups excluding carboxylic acids is 1. The summed E-state index contributed by atoms with van der Waals surface area (Å²) in [5.41, 5.74) is 2.19. The van der Waals surface area contributed by atoms with Crippen LogP contribution in [0.25, 0.3) is 0 Å². The average Bonchev–Trinajstić information content (AvgIpc) is 2.63. The number of amides is 2. The summed E-state index contributed by atoms with van der Waals surface area (Å²) in [4.78, 5) is 17.1. The van der Waals surface area contributed by atoms with Crippen LogP contribution in [0.5, 0.6) is 0 Å². The van der Waals surface area contributed by atoms with Crippen molar-refractivity contribution >= 4 is 11.7 Å². The maximum absolute atomic E-state index is 12.5. The van der Waals surface area contributed by atoms with Gasteiger partial charge in [-0.1, -0.05) is 26.0 Å². The maximum Gasteiger partial charge on any atom is 0.321 e. The molecule has 0 aromatic heterocycles. The van der Waals surface area contributed by atoms with Gasteiger partial charge in [-0.15, -0.1) is 0 Å². The summed E-state index contributed by atoms with van der Waals surface area (Å²) in [5.74, 6) is 1.59. The van der Waals surface area contributed by atoms with E-state index >= 15 is 0 Å². The molecule has 3 rings (SSSR count). The van der Waals surface area contributed by atoms with Gasteiger partial charge in [0.1, 0.15) is 0 Å². The van der Waals surface area contributed by atoms with Crippen molar-refractivity contribution in [3.05, 3.63) is 29.8 Å². The molecule has 0 aliphatic carbocycles. The standard InChI is InChI=1S/C21H33N3O/c1-3-18-6-8-20(9-7-18)22-21(25)24-13-10-19(11-14-24)16-23-12-4-5-17(2)15-23/h6-9,17,19H,3-5,10-16H2,1-2H3,(H,22,25). The third-order valence-electron chi connectivity index (χ3n) is 5.77. The van der Waals surface area contributed by atoms with Crippen LogP contribution < -0.4 is 5.32 Å². The highest BCUT2D eigenvalue weighted by Crippen LogP contribution is 2.23. The molecule has 4 heteroatoms. The van der Waals surface area contributed by atoms with E-state index in [2.05, 4.69) is 36.2 Å². The van der Waals surface area contributed by atoms with Crippen LogP contribution in [0.15, 0.2) is 24.3 Å². The lowest BCUT2D eigenvalue weighted by Crippen LogP contribution is -2.44. The second-order valence-electron chi connectivity index (χ2n) is 7.92. The lowest BCUT2D eigenvalue weighted by molar-refractivity contribution is 0.125. The van der Waals surface area contributed by atoms with Crippen molar-refractivity contribution < 1.29 is 4.79 Å². The predicted molar refractivity (Wildman–Crippen MR) is 104 cm³/mol. The largest absolute Gasteiger partial charge is 0.325 e. The minimum Gasteiger partial charge on any atom is -0.325 e. The van der Waals surface area contributed by atoms with Crippen molar-refractivity contribution in [2.45, 2.75) is 46.0 Å². The molecule has 2 saturated heterocycles. The summed E-state index contributed by atoms with van der Waals surface area (Å²) < 4.78 is 0. The fourth-order valence-corrected chi connectivity index (χ4v) is 4.16. The van der Waals surface area contributed by atoms with Crippen molar-refractivity contribution in [1.82, 2.24) is 9.80 Å². The van der Waals surface area contributed by atoms with Crippen molar-refractivity contribution in [3.8, 4) is 0 Å². The van der Waals surface area contributed by atoms with Gasteiger partial charge in [-0.2, -0.15) is 0 Å². The SMILES string of the molecule is CCc1ccc(NC(=O)N2CCC(CN3CCCC(C)C3)CC2)cc1. The Kier molecular flexibility index (Phi) is 6.35. The zero-order valence-corrected chi connectivity index (χ0v) is 15.8. The first-order chi connectivity index (χ1) is 12.1. The highest BCUT2D eigenvalue weighted by Gasteiger charge is 2.25. The third kappa shape index (κ3) is 5.21. The average molecular weight is 344 g/mol. The highest BCUT2D eigenvalue weighted by molar-refractivity contribution is 5.89. The number of likely N-dealkylation sites (tertiary alicyclic amines) is 2. The topological polar surface area (TPSA) is 35.6 Å². The van der Waals surface area contributed by atoms with Crippen LogP contribution in [0.4, 0.5) is 10.5 Å². The molecule has 4 nitrogen and oxygen atoms in total. The molecule has 2 fully saturated rings. The maximum atomic E-state index is 12.5. The van der Waals surface area contributed by atoms with Gasteiger partial charge in [-0.05, 0) is 68.2 Å². The zero-order chi connectivity index (χ0) is 17.6. The summed E-state index contributed by atoms with van der Waals surface area (Å²) in [6.07, 6.45) is 6.02. The summed E-state index contributed by atoms with van der Waals surface area (Å²) in [7, 11) is 0. The van der Waals surface area contributed by atoms with Gasteiger partial charge in [0.25, 0.3) is 0 Å². The van der Waals surface area contributed by atoms with E-state index in [0.29, 0.717) is 0 Å². The van der Waals surface area contributed by atoms with Gasteiger partial charge >= 0.3 is 6.03 Å². The van der Waals surface area contributed by atoms with Crippen molar-refractivity contribution in [2.24, 2.45) is 11.8 Å². The van der Waals surface area contributed by atoms with Gasteiger partial charge in [0.05, 0.1) is 0 Å². The normalized spacial score (nSPS) is 22.8. The Hall–Kier alpha value is -1.55. The van der Waals surface area contributed by atoms with E-state index in [4.69, 9.17) is 0 Å². The van der Waals surface area contributed by atoms with E-state index < -0.39 is 0 Å². The van der Waals surface area contributed by atoms with E-state index in [9.17, 15) is 4.79 Å². The van der Waals surface area contributed by atoms with Gasteiger partial charge in [0.15, 0.2) is 0 Å². The van der Waals surface area contributed by atoms with Gasteiger partial charge in [0, 0.05) is 31.9 Å². The lowest BCUT2D eigenvalue weighted by atomic mass is 9.94. The first kappa shape index (κ1) is 18.2. The summed E-state index contributed by atoms with van der Waals surface area (Å²) in [6.45, 7) is 10.0. The van der Waals surface area contributed by atoms with E-state index in [-0.39, 0.29) is 6.03 Å². The molecule has 0 radical (unpaired) electrons. The summed E-state index contributed by atoms with van der Waals surface area (Å²) in [5, 5.41) is 3.04. The van der Waals surface area contributed by atoms with Crippen molar-refractivity contribution in [2.75, 3.05) is 38.0 Å². The van der Waals surface area contributed by atoms with Gasteiger partial charge in [-0.25, -0.2) is 4.79 Å². The Balaban J connectivity index is 1.42. The number of anilines is 1. The fourth-order valence-electron chi connectivity index (χ4n) is 4.16. The van der Waals surface area contributed by atoms with Crippen LogP contribution in [-0.2, 0) is 6.42 Å². The predicted octanol–water partition coefficient (Wildman–Crippen LogP) is 4.22. The Morgan fingerprint density at radius 1 is 1.12 bits per heavy atom. The molecule has 1 aromatic rings. The number of nitrogens with one attached hydrogen (secondary N) is 1. The van der Waals surface area contributed by atoms with E-state index in [1.807, 2.05) is 17.0 Å². The number of hydrogen-bond acceptors (Lipinski definition) is 2. The van der Waals surface area contributed by atoms with Crippen molar-refractivity contribution in [3.63, 3.8) is 0 Å². The van der Waals surface area contributed by atoms with Gasteiger partial charge in [0.2, 0.25) is 0 Å². The van der Waals surface area contributed by atoms with Gasteiger partial charge in [-0.3, -0.25) is 0 Å². The van der Waals surface area contributed by atoms with Crippen LogP contribution in [0, 0.1) is 11.8 Å². The van der Waals surface area contributed by atoms with Gasteiger partial charge < -0.3 is 15.1 Å². The molecule has 0 saturated carbocycles. The van der Waals surface area contributed by atoms with Crippen LogP contribution in [0.1, 0.15) is 45.1 Å². The minimum absolute atomic E-state index is 0.0503. The number of piperidine rings is 2. The number of nitrogens with zero attached hydrogens (tertiary/aromatic N) is 2. The third-order valence-corrected chi connectivity index (χ3v) is 5.77. The second kappa shape index (κ2) is 8.70. The molecule has 2 heterocycles. The fraction of sp³-hybridized carbons (Fsp3) is 0.667. The first-order valence-electron chi connectivity index (χ1n) is 10.0. The number of rotatable bonds is 4. The van der Waals surface area contributed by atoms with E-state index in [1.165, 1.54) is 38.0 Å². The molecule has 25 heavy (non-hydrogen) atoms. The molecule has 2 aliphatic rings. The van der Waals surface area contributed by atoms with E-state index in [1.54, 1.807) is 0 Å². The molecular weight excluding hydrogens is 310 g/mol. The zero-order valence-electron chi connectivity index (χ0n) is 15.8. The second-order valence-corrected chi connectivity index (χ2v) is 7.92. The Bertz CT molecular complexity index is 549. The molecule has 1 N–H and O–H groups in total. The Labute approximate surface area is 152 Å². The number of urea groups is 1. The number of aryl methyl sites for hydroxylation is 1. The molecular formula is C21H33N3O. The molecule has 1 unspecified atom stereocenters. The summed E-state index contributed by atoms with van der Waals surface area (Å²) in [6, 6.07) is 8.22. The molecule has 1 atom stereocenters. The van der Waals surface area contributed by atoms with Crippen LogP contribution in [-0.4, -0.2) is 48.6 Å². The summed E-state index contributed by atoms with van der Waals surface area (Å²) >= 11 is 0. The quantitative estimate of drug-likeness (QED) is 0.888. The van der Waals surface area contributed by atoms with Crippen molar-refractivity contribution in [1.29, 1.82) is 0 Å². The molecule has 138 valence electrons. The first-order valence-corrected chi connectivity index (χ1v) is 10.0. The smallest absolute Gasteiger partial charge is 0.321 e. The minimum atomic E-state index is 0.0503. The van der Waals surface area contributed by atoms with Crippen LogP contribution in [0.3, 0.4) is 0 Å². The van der Waals surface area contributed by atoms with Crippen LogP contribution in [0.2, 0.25) is 0 Å². The lowest BCUT2D eigenvalue weighted by Gasteiger charge is -2.37. The number of benzene rings is 1. The number of carbonyl (C=O) groups is 1. The monoisotopic (exact) mass is 343 g/mol. The Morgan fingerprint density at radius 3 is 2.48 bits per heavy atom. The van der Waals surface area contributed by atoms with Crippen LogP contribution >= 0.6 is 0 Å². The van der Waals surface area contributed by atoms with E-state index in [0.717, 1.165) is 49.9 Å². The molecule has 2 amide bonds. The molecule has 1 aromatic carbocycles. The Morgan fingerprint density at radius 2 is 1.84 bits per heavy atom. The molecule has 2 aliphatic heterocycles. The molecule has 0 bridgehead atoms. The highest BCUT2D eigenvalue weighted by atomic mass is 16.2. The number of hydrogen-bond donors (Lipinski definition) is 1.